The first-order valence-electron chi connectivity index (χ1n) is 4.02. The third-order valence-electron chi connectivity index (χ3n) is 2.28. The summed E-state index contributed by atoms with van der Waals surface area (Å²) in [6.45, 7) is 1.40. The van der Waals surface area contributed by atoms with Crippen molar-refractivity contribution in [3.05, 3.63) is 21.6 Å². The number of rotatable bonds is 1. The van der Waals surface area contributed by atoms with E-state index in [1.165, 1.54) is 0 Å². The van der Waals surface area contributed by atoms with Gasteiger partial charge in [-0.25, -0.2) is 0 Å². The minimum atomic E-state index is -0.441. The van der Waals surface area contributed by atoms with Crippen LogP contribution in [0, 0.1) is 0 Å². The van der Waals surface area contributed by atoms with Gasteiger partial charge in [0.05, 0.1) is 5.56 Å². The van der Waals surface area contributed by atoms with Crippen LogP contribution in [0.3, 0.4) is 0 Å². The Morgan fingerprint density at radius 2 is 2.38 bits per heavy atom. The average Bonchev–Trinajstić information content (AvgIpc) is 2.44. The number of hydrogen-bond donors (Lipinski definition) is 1. The van der Waals surface area contributed by atoms with Crippen molar-refractivity contribution in [1.29, 1.82) is 0 Å². The van der Waals surface area contributed by atoms with Crippen molar-refractivity contribution in [2.24, 2.45) is 0 Å². The molecule has 1 aliphatic rings. The van der Waals surface area contributed by atoms with Crippen LogP contribution in [0.5, 0.6) is 0 Å². The highest BCUT2D eigenvalue weighted by Crippen LogP contribution is 2.11. The van der Waals surface area contributed by atoms with Crippen LogP contribution in [0.15, 0.2) is 4.79 Å². The standard InChI is InChI=1S/C7H10FN3O2/c1-10-3-2-6-5(4-10)7(12)11(9-6)13-8/h9H,2-4H2,1H3. The van der Waals surface area contributed by atoms with Gasteiger partial charge in [0.25, 0.3) is 0 Å². The fourth-order valence-corrected chi connectivity index (χ4v) is 1.56. The summed E-state index contributed by atoms with van der Waals surface area (Å²) >= 11 is 0. The first kappa shape index (κ1) is 8.31. The lowest BCUT2D eigenvalue weighted by Gasteiger charge is -2.20. The second-order valence-electron chi connectivity index (χ2n) is 3.23. The van der Waals surface area contributed by atoms with Gasteiger partial charge in [-0.05, 0) is 11.9 Å². The quantitative estimate of drug-likeness (QED) is 0.643. The van der Waals surface area contributed by atoms with E-state index in [2.05, 4.69) is 10.1 Å². The summed E-state index contributed by atoms with van der Waals surface area (Å²) < 4.78 is 11.8. The van der Waals surface area contributed by atoms with E-state index in [1.54, 1.807) is 0 Å². The van der Waals surface area contributed by atoms with Gasteiger partial charge in [-0.3, -0.25) is 9.89 Å². The monoisotopic (exact) mass is 187 g/mol. The molecule has 0 amide bonds. The molecule has 0 bridgehead atoms. The van der Waals surface area contributed by atoms with Gasteiger partial charge in [0.1, 0.15) is 0 Å². The molecule has 6 heteroatoms. The number of likely N-dealkylation sites (N-methyl/N-ethyl adjacent to an activating group) is 1. The Labute approximate surface area is 73.5 Å². The van der Waals surface area contributed by atoms with E-state index < -0.39 is 5.56 Å². The zero-order valence-electron chi connectivity index (χ0n) is 7.21. The van der Waals surface area contributed by atoms with Crippen molar-refractivity contribution in [2.45, 2.75) is 13.0 Å². The summed E-state index contributed by atoms with van der Waals surface area (Å²) in [5.74, 6) is 0. The lowest BCUT2D eigenvalue weighted by Crippen LogP contribution is -2.30. The van der Waals surface area contributed by atoms with E-state index in [0.29, 0.717) is 17.0 Å². The van der Waals surface area contributed by atoms with Gasteiger partial charge in [0.15, 0.2) is 0 Å². The van der Waals surface area contributed by atoms with Crippen LogP contribution in [0.25, 0.3) is 0 Å². The SMILES string of the molecule is CN1CCc2[nH]n(OF)c(=O)c2C1. The van der Waals surface area contributed by atoms with Gasteiger partial charge in [0.2, 0.25) is 0 Å². The lowest BCUT2D eigenvalue weighted by atomic mass is 10.1. The zero-order valence-corrected chi connectivity index (χ0v) is 7.21. The molecule has 5 nitrogen and oxygen atoms in total. The van der Waals surface area contributed by atoms with Crippen LogP contribution in [0.1, 0.15) is 11.3 Å². The Balaban J connectivity index is 2.46. The molecule has 0 aromatic carbocycles. The van der Waals surface area contributed by atoms with Gasteiger partial charge in [-0.2, -0.15) is 5.04 Å². The second-order valence-corrected chi connectivity index (χ2v) is 3.23. The molecule has 0 saturated heterocycles. The van der Waals surface area contributed by atoms with E-state index in [4.69, 9.17) is 0 Å². The van der Waals surface area contributed by atoms with Gasteiger partial charge in [0, 0.05) is 29.7 Å². The van der Waals surface area contributed by atoms with Gasteiger partial charge in [-0.15, -0.1) is 0 Å². The Hall–Kier alpha value is -1.30. The molecule has 0 atom stereocenters. The molecule has 0 spiro atoms. The maximum absolute atomic E-state index is 11.8. The predicted octanol–water partition coefficient (Wildman–Crippen LogP) is -0.523. The van der Waals surface area contributed by atoms with E-state index in [0.717, 1.165) is 18.7 Å². The highest BCUT2D eigenvalue weighted by atomic mass is 19.3. The number of aromatic amines is 1. The molecule has 0 aliphatic carbocycles. The van der Waals surface area contributed by atoms with Gasteiger partial charge >= 0.3 is 5.56 Å². The summed E-state index contributed by atoms with van der Waals surface area (Å²) in [6.07, 6.45) is 0.720. The molecule has 0 saturated carbocycles. The molecule has 2 rings (SSSR count). The third-order valence-corrected chi connectivity index (χ3v) is 2.28. The van der Waals surface area contributed by atoms with E-state index in [-0.39, 0.29) is 0 Å². The molecule has 0 unspecified atom stereocenters. The van der Waals surface area contributed by atoms with Crippen LogP contribution in [-0.4, -0.2) is 28.4 Å². The molecule has 13 heavy (non-hydrogen) atoms. The molecule has 1 aromatic heterocycles. The van der Waals surface area contributed by atoms with Crippen LogP contribution >= 0.6 is 0 Å². The van der Waals surface area contributed by atoms with E-state index in [9.17, 15) is 9.32 Å². The van der Waals surface area contributed by atoms with Crippen LogP contribution in [0.4, 0.5) is 4.53 Å². The van der Waals surface area contributed by atoms with Gasteiger partial charge in [-0.1, -0.05) is 0 Å². The first-order chi connectivity index (χ1) is 6.22. The lowest BCUT2D eigenvalue weighted by molar-refractivity contribution is -0.155. The molecule has 72 valence electrons. The molecule has 0 radical (unpaired) electrons. The highest BCUT2D eigenvalue weighted by Gasteiger charge is 2.21. The zero-order chi connectivity index (χ0) is 9.42. The minimum absolute atomic E-state index is 0.441. The molecule has 1 aliphatic heterocycles. The topological polar surface area (TPSA) is 50.3 Å². The summed E-state index contributed by atoms with van der Waals surface area (Å²) in [4.78, 5) is 13.8. The van der Waals surface area contributed by atoms with Crippen molar-refractivity contribution < 1.29 is 9.57 Å². The molecular formula is C7H10FN3O2. The number of nitrogens with zero attached hydrogens (tertiary/aromatic N) is 2. The minimum Gasteiger partial charge on any atom is -0.301 e. The highest BCUT2D eigenvalue weighted by molar-refractivity contribution is 5.19. The summed E-state index contributed by atoms with van der Waals surface area (Å²) in [7, 11) is 1.91. The van der Waals surface area contributed by atoms with E-state index >= 15 is 0 Å². The Kier molecular flexibility index (Phi) is 1.84. The number of hydrogen-bond acceptors (Lipinski definition) is 3. The smallest absolute Gasteiger partial charge is 0.301 e. The van der Waals surface area contributed by atoms with Crippen LogP contribution in [0.2, 0.25) is 0 Å². The first-order valence-corrected chi connectivity index (χ1v) is 4.02. The van der Waals surface area contributed by atoms with Crippen molar-refractivity contribution in [3.8, 4) is 0 Å². The summed E-state index contributed by atoms with van der Waals surface area (Å²) in [5.41, 5.74) is 0.913. The number of aromatic nitrogens is 2. The Morgan fingerprint density at radius 1 is 1.62 bits per heavy atom. The Bertz CT molecular complexity index is 370. The fourth-order valence-electron chi connectivity index (χ4n) is 1.56. The fraction of sp³-hybridized carbons (Fsp3) is 0.571. The van der Waals surface area contributed by atoms with Gasteiger partial charge < -0.3 is 4.90 Å². The summed E-state index contributed by atoms with van der Waals surface area (Å²) in [5, 5.41) is 5.92. The van der Waals surface area contributed by atoms with Crippen molar-refractivity contribution in [2.75, 3.05) is 13.6 Å². The van der Waals surface area contributed by atoms with Crippen LogP contribution in [-0.2, 0) is 13.0 Å². The number of fused-ring (bicyclic) bond motifs is 1. The largest absolute Gasteiger partial charge is 0.311 e. The number of nitrogens with one attached hydrogen (secondary N) is 1. The molecule has 1 N–H and O–H groups in total. The maximum Gasteiger partial charge on any atom is 0.311 e. The third kappa shape index (κ3) is 1.23. The molecule has 0 fully saturated rings. The van der Waals surface area contributed by atoms with Crippen molar-refractivity contribution in [3.63, 3.8) is 0 Å². The maximum atomic E-state index is 11.8. The van der Waals surface area contributed by atoms with Crippen molar-refractivity contribution >= 4 is 0 Å². The number of H-pyrrole nitrogens is 1. The van der Waals surface area contributed by atoms with Crippen LogP contribution < -0.4 is 10.6 Å². The predicted molar refractivity (Wildman–Crippen MR) is 42.8 cm³/mol. The molecule has 2 heterocycles. The summed E-state index contributed by atoms with van der Waals surface area (Å²) in [6, 6.07) is 0. The Morgan fingerprint density at radius 3 is 3.08 bits per heavy atom. The average molecular weight is 187 g/mol. The second kappa shape index (κ2) is 2.88. The molecular weight excluding hydrogens is 177 g/mol. The normalized spacial score (nSPS) is 17.1. The number of halogens is 1. The molecule has 1 aromatic rings. The van der Waals surface area contributed by atoms with Crippen molar-refractivity contribution in [1.82, 2.24) is 14.8 Å². The van der Waals surface area contributed by atoms with E-state index in [1.807, 2.05) is 11.9 Å².